The van der Waals surface area contributed by atoms with E-state index in [1.54, 1.807) is 44.2 Å². The van der Waals surface area contributed by atoms with Crippen molar-refractivity contribution in [1.82, 2.24) is 9.88 Å². The second-order valence-corrected chi connectivity index (χ2v) is 9.05. The lowest BCUT2D eigenvalue weighted by Gasteiger charge is -2.30. The van der Waals surface area contributed by atoms with Crippen molar-refractivity contribution in [1.29, 1.82) is 0 Å². The standard InChI is InChI=1S/C26H22ClN3O4S/c1-13-11-17(16(4)29(13)21-9-5-7-18(14(21)2)25(33)34)12-19-23(31)28-26(35)30(24(19)32)22-10-6-8-20(27)15(22)3/h5-12H,1-4H3,(H,33,34)(H,28,31,35)/b19-12+. The van der Waals surface area contributed by atoms with Crippen LogP contribution >= 0.6 is 23.8 Å². The Kier molecular flexibility index (Phi) is 6.36. The number of carbonyl (C=O) groups is 3. The van der Waals surface area contributed by atoms with E-state index in [0.29, 0.717) is 33.1 Å². The lowest BCUT2D eigenvalue weighted by atomic mass is 10.1. The molecule has 9 heteroatoms. The van der Waals surface area contributed by atoms with Gasteiger partial charge in [0, 0.05) is 22.1 Å². The van der Waals surface area contributed by atoms with Gasteiger partial charge in [-0.3, -0.25) is 19.8 Å². The minimum Gasteiger partial charge on any atom is -0.478 e. The van der Waals surface area contributed by atoms with Crippen molar-refractivity contribution in [2.24, 2.45) is 0 Å². The van der Waals surface area contributed by atoms with Gasteiger partial charge in [-0.15, -0.1) is 0 Å². The summed E-state index contributed by atoms with van der Waals surface area (Å²) in [4.78, 5) is 39.1. The van der Waals surface area contributed by atoms with Gasteiger partial charge in [-0.1, -0.05) is 23.7 Å². The third kappa shape index (κ3) is 4.15. The van der Waals surface area contributed by atoms with Crippen LogP contribution in [0.2, 0.25) is 5.02 Å². The van der Waals surface area contributed by atoms with Crippen molar-refractivity contribution < 1.29 is 19.5 Å². The fourth-order valence-electron chi connectivity index (χ4n) is 4.27. The lowest BCUT2D eigenvalue weighted by molar-refractivity contribution is -0.122. The van der Waals surface area contributed by atoms with Gasteiger partial charge in [0.2, 0.25) is 0 Å². The maximum absolute atomic E-state index is 13.5. The molecule has 1 aromatic heterocycles. The van der Waals surface area contributed by atoms with Crippen LogP contribution in [0.1, 0.15) is 38.4 Å². The first-order valence-corrected chi connectivity index (χ1v) is 11.5. The molecular weight excluding hydrogens is 486 g/mol. The van der Waals surface area contributed by atoms with Gasteiger partial charge in [0.1, 0.15) is 5.57 Å². The molecule has 0 bridgehead atoms. The summed E-state index contributed by atoms with van der Waals surface area (Å²) in [6.07, 6.45) is 1.53. The van der Waals surface area contributed by atoms with Crippen molar-refractivity contribution in [3.05, 3.63) is 86.7 Å². The monoisotopic (exact) mass is 507 g/mol. The number of rotatable bonds is 4. The molecule has 3 aromatic rings. The smallest absolute Gasteiger partial charge is 0.336 e. The lowest BCUT2D eigenvalue weighted by Crippen LogP contribution is -2.54. The minimum atomic E-state index is -1.01. The number of anilines is 1. The van der Waals surface area contributed by atoms with E-state index in [1.807, 2.05) is 30.5 Å². The molecule has 0 radical (unpaired) electrons. The number of nitrogens with zero attached hydrogens (tertiary/aromatic N) is 2. The van der Waals surface area contributed by atoms with Gasteiger partial charge < -0.3 is 9.67 Å². The third-order valence-corrected chi connectivity index (χ3v) is 6.82. The van der Waals surface area contributed by atoms with E-state index in [0.717, 1.165) is 11.4 Å². The number of carboxylic acid groups (broad SMARTS) is 1. The molecule has 2 heterocycles. The zero-order valence-electron chi connectivity index (χ0n) is 19.5. The number of aromatic nitrogens is 1. The number of amides is 2. The first-order chi connectivity index (χ1) is 16.5. The van der Waals surface area contributed by atoms with Gasteiger partial charge in [-0.2, -0.15) is 0 Å². The third-order valence-electron chi connectivity index (χ3n) is 6.13. The summed E-state index contributed by atoms with van der Waals surface area (Å²) in [6.45, 7) is 7.25. The van der Waals surface area contributed by atoms with Gasteiger partial charge in [0.25, 0.3) is 11.8 Å². The molecule has 2 amide bonds. The molecule has 1 aliphatic heterocycles. The van der Waals surface area contributed by atoms with Crippen LogP contribution in [0.15, 0.2) is 48.0 Å². The summed E-state index contributed by atoms with van der Waals surface area (Å²) in [5.41, 5.74) is 4.82. The van der Waals surface area contributed by atoms with Crippen LogP contribution < -0.4 is 10.2 Å². The normalized spacial score (nSPS) is 15.1. The van der Waals surface area contributed by atoms with Crippen molar-refractivity contribution in [3.8, 4) is 5.69 Å². The van der Waals surface area contributed by atoms with Crippen molar-refractivity contribution in [3.63, 3.8) is 0 Å². The molecule has 2 aromatic carbocycles. The first-order valence-electron chi connectivity index (χ1n) is 10.7. The molecule has 1 fully saturated rings. The molecule has 0 unspecified atom stereocenters. The van der Waals surface area contributed by atoms with E-state index in [2.05, 4.69) is 5.32 Å². The van der Waals surface area contributed by atoms with Gasteiger partial charge in [-0.05, 0) is 93.0 Å². The van der Waals surface area contributed by atoms with E-state index in [4.69, 9.17) is 23.8 Å². The summed E-state index contributed by atoms with van der Waals surface area (Å²) >= 11 is 11.5. The summed E-state index contributed by atoms with van der Waals surface area (Å²) in [7, 11) is 0. The number of halogens is 1. The summed E-state index contributed by atoms with van der Waals surface area (Å²) < 4.78 is 1.91. The Morgan fingerprint density at radius 1 is 1.03 bits per heavy atom. The zero-order valence-corrected chi connectivity index (χ0v) is 21.0. The number of nitrogens with one attached hydrogen (secondary N) is 1. The van der Waals surface area contributed by atoms with Crippen LogP contribution in [0.4, 0.5) is 5.69 Å². The van der Waals surface area contributed by atoms with Crippen LogP contribution in [0, 0.1) is 27.7 Å². The maximum atomic E-state index is 13.5. The molecule has 0 saturated carbocycles. The van der Waals surface area contributed by atoms with Gasteiger partial charge in [0.05, 0.1) is 11.3 Å². The molecule has 178 valence electrons. The van der Waals surface area contributed by atoms with E-state index >= 15 is 0 Å². The Morgan fingerprint density at radius 2 is 1.69 bits per heavy atom. The average Bonchev–Trinajstić information content (AvgIpc) is 3.06. The topological polar surface area (TPSA) is 91.6 Å². The van der Waals surface area contributed by atoms with E-state index < -0.39 is 17.8 Å². The highest BCUT2D eigenvalue weighted by Gasteiger charge is 2.35. The van der Waals surface area contributed by atoms with Crippen molar-refractivity contribution in [2.45, 2.75) is 27.7 Å². The van der Waals surface area contributed by atoms with E-state index in [9.17, 15) is 19.5 Å². The summed E-state index contributed by atoms with van der Waals surface area (Å²) in [6, 6.07) is 12.1. The first kappa shape index (κ1) is 24.4. The number of aromatic carboxylic acids is 1. The fourth-order valence-corrected chi connectivity index (χ4v) is 4.72. The van der Waals surface area contributed by atoms with Crippen molar-refractivity contribution >= 4 is 58.5 Å². The Labute approximate surface area is 212 Å². The minimum absolute atomic E-state index is 0.0194. The zero-order chi connectivity index (χ0) is 25.6. The highest BCUT2D eigenvalue weighted by atomic mass is 35.5. The van der Waals surface area contributed by atoms with Crippen LogP contribution in [-0.4, -0.2) is 32.6 Å². The molecule has 4 rings (SSSR count). The van der Waals surface area contributed by atoms with Crippen LogP contribution in [0.5, 0.6) is 0 Å². The predicted molar refractivity (Wildman–Crippen MR) is 139 cm³/mol. The summed E-state index contributed by atoms with van der Waals surface area (Å²) in [5.74, 6) is -2.16. The SMILES string of the molecule is Cc1c(Cl)cccc1N1C(=O)/C(=C/c2cc(C)n(-c3cccc(C(=O)O)c3C)c2C)C(=O)NC1=S. The van der Waals surface area contributed by atoms with Gasteiger partial charge in [-0.25, -0.2) is 4.79 Å². The van der Waals surface area contributed by atoms with Crippen molar-refractivity contribution in [2.75, 3.05) is 4.90 Å². The Balaban J connectivity index is 1.82. The Morgan fingerprint density at radius 3 is 2.37 bits per heavy atom. The number of hydrogen-bond donors (Lipinski definition) is 2. The second kappa shape index (κ2) is 9.13. The van der Waals surface area contributed by atoms with Crippen LogP contribution in [0.25, 0.3) is 11.8 Å². The van der Waals surface area contributed by atoms with E-state index in [-0.39, 0.29) is 16.2 Å². The quantitative estimate of drug-likeness (QED) is 0.298. The Bertz CT molecular complexity index is 1470. The number of benzene rings is 2. The number of hydrogen-bond acceptors (Lipinski definition) is 4. The molecule has 0 atom stereocenters. The summed E-state index contributed by atoms with van der Waals surface area (Å²) in [5, 5.41) is 12.6. The van der Waals surface area contributed by atoms with Gasteiger partial charge in [0.15, 0.2) is 5.11 Å². The molecule has 7 nitrogen and oxygen atoms in total. The molecule has 0 aliphatic carbocycles. The van der Waals surface area contributed by atoms with Crippen LogP contribution in [0.3, 0.4) is 0 Å². The highest BCUT2D eigenvalue weighted by molar-refractivity contribution is 7.80. The number of carboxylic acids is 1. The fraction of sp³-hybridized carbons (Fsp3) is 0.154. The second-order valence-electron chi connectivity index (χ2n) is 8.26. The maximum Gasteiger partial charge on any atom is 0.336 e. The molecule has 35 heavy (non-hydrogen) atoms. The molecule has 1 aliphatic rings. The molecule has 2 N–H and O–H groups in total. The number of aryl methyl sites for hydroxylation is 1. The number of thiocarbonyl (C=S) groups is 1. The Hall–Kier alpha value is -3.75. The molecular formula is C26H22ClN3O4S. The van der Waals surface area contributed by atoms with Crippen LogP contribution in [-0.2, 0) is 9.59 Å². The molecule has 1 saturated heterocycles. The highest BCUT2D eigenvalue weighted by Crippen LogP contribution is 2.31. The molecule has 0 spiro atoms. The van der Waals surface area contributed by atoms with E-state index in [1.165, 1.54) is 11.0 Å². The average molecular weight is 508 g/mol. The van der Waals surface area contributed by atoms with Gasteiger partial charge >= 0.3 is 5.97 Å². The largest absolute Gasteiger partial charge is 0.478 e. The number of carbonyl (C=O) groups excluding carboxylic acids is 2. The predicted octanol–water partition coefficient (Wildman–Crippen LogP) is 4.89.